The number of allylic oxidation sites excluding steroid dienone is 1. The number of esters is 5. The van der Waals surface area contributed by atoms with Crippen LogP contribution in [0.3, 0.4) is 0 Å². The molecule has 17 nitrogen and oxygen atoms in total. The van der Waals surface area contributed by atoms with Gasteiger partial charge in [0.25, 0.3) is 5.97 Å². The number of carbonyl (C=O) groups is 5. The molecule has 3 saturated heterocycles. The molecule has 58 heavy (non-hydrogen) atoms. The number of methoxy groups -OCH3 is 1. The normalized spacial score (nSPS) is 48.6. The summed E-state index contributed by atoms with van der Waals surface area (Å²) in [6.45, 7) is 15.0. The Hall–Kier alpha value is -4.03. The number of furan rings is 1. The van der Waals surface area contributed by atoms with E-state index in [2.05, 4.69) is 0 Å². The zero-order valence-electron chi connectivity index (χ0n) is 34.4. The van der Waals surface area contributed by atoms with Crippen LogP contribution >= 0.6 is 0 Å². The number of ether oxygens (including phenoxy) is 8. The quantitative estimate of drug-likeness (QED) is 0.148. The zero-order valence-corrected chi connectivity index (χ0v) is 34.4. The number of rotatable bonds is 8. The number of aliphatic hydroxyl groups excluding tert-OH is 2. The first-order valence-electron chi connectivity index (χ1n) is 19.6. The number of fused-ring (bicyclic) bond motifs is 3. The lowest BCUT2D eigenvalue weighted by Crippen LogP contribution is -2.97. The summed E-state index contributed by atoms with van der Waals surface area (Å²) in [6, 6.07) is 1.51. The summed E-state index contributed by atoms with van der Waals surface area (Å²) in [4.78, 5) is 69.2. The number of cyclic esters (lactones) is 1. The lowest BCUT2D eigenvalue weighted by Gasteiger charge is -2.78. The van der Waals surface area contributed by atoms with Gasteiger partial charge in [-0.25, -0.2) is 4.79 Å². The molecule has 2 unspecified atom stereocenters. The molecule has 4 aliphatic carbocycles. The molecule has 8 rings (SSSR count). The maximum Gasteiger partial charge on any atom is 0.338 e. The third kappa shape index (κ3) is 4.22. The molecule has 0 amide bonds. The molecule has 17 heteroatoms. The van der Waals surface area contributed by atoms with Crippen LogP contribution < -0.4 is 0 Å². The van der Waals surface area contributed by atoms with Crippen molar-refractivity contribution in [3.63, 3.8) is 0 Å². The van der Waals surface area contributed by atoms with Crippen molar-refractivity contribution in [1.29, 1.82) is 0 Å². The van der Waals surface area contributed by atoms with E-state index in [1.165, 1.54) is 32.6 Å². The second-order valence-electron chi connectivity index (χ2n) is 18.6. The summed E-state index contributed by atoms with van der Waals surface area (Å²) in [7, 11) is 1.20. The summed E-state index contributed by atoms with van der Waals surface area (Å²) >= 11 is 0. The Bertz CT molecular complexity index is 2030. The minimum atomic E-state index is -2.59. The second kappa shape index (κ2) is 12.0. The van der Waals surface area contributed by atoms with Crippen molar-refractivity contribution in [2.45, 2.75) is 141 Å². The van der Waals surface area contributed by atoms with E-state index in [4.69, 9.17) is 42.3 Å². The Morgan fingerprint density at radius 2 is 1.59 bits per heavy atom. The van der Waals surface area contributed by atoms with Crippen LogP contribution in [0.2, 0.25) is 0 Å². The van der Waals surface area contributed by atoms with Crippen LogP contribution in [0, 0.1) is 39.9 Å². The SMILES string of the molecule is COC(=O)C[C@H]1[C@@]2(C)CC34OC5(C)O[C@]6([C@@H]7/C(=C(/O)C(C)C)C(=O)O[C@@H](c8ccoc8)[C@]7(C)[C@@H](OC(C)=O)[C@@H](O)[C@]6(O5)[C@]13C)[C@H](OC(C)=O)[C@@]4(O)[C@H]2OC(=O)C(C)C. The second-order valence-corrected chi connectivity index (χ2v) is 18.6. The van der Waals surface area contributed by atoms with Gasteiger partial charge < -0.3 is 57.6 Å². The number of hydrogen-bond donors (Lipinski definition) is 3. The highest BCUT2D eigenvalue weighted by molar-refractivity contribution is 5.92. The maximum atomic E-state index is 14.8. The Morgan fingerprint density at radius 1 is 0.931 bits per heavy atom. The molecule has 7 aliphatic rings. The van der Waals surface area contributed by atoms with Crippen LogP contribution in [0.1, 0.15) is 93.7 Å². The first-order chi connectivity index (χ1) is 26.9. The summed E-state index contributed by atoms with van der Waals surface area (Å²) in [5.74, 6) is -11.3. The molecule has 4 bridgehead atoms. The molecule has 0 radical (unpaired) electrons. The molecule has 3 aliphatic heterocycles. The molecule has 4 heterocycles. The lowest BCUT2D eigenvalue weighted by atomic mass is 9.32. The van der Waals surface area contributed by atoms with Gasteiger partial charge >= 0.3 is 29.8 Å². The Morgan fingerprint density at radius 3 is 2.14 bits per heavy atom. The van der Waals surface area contributed by atoms with Crippen LogP contribution in [-0.2, 0) is 61.9 Å². The predicted octanol–water partition coefficient (Wildman–Crippen LogP) is 3.09. The molecule has 1 aromatic heterocycles. The van der Waals surface area contributed by atoms with Gasteiger partial charge in [0, 0.05) is 55.4 Å². The van der Waals surface area contributed by atoms with Gasteiger partial charge in [0.1, 0.15) is 41.4 Å². The van der Waals surface area contributed by atoms with Crippen molar-refractivity contribution in [3.05, 3.63) is 35.5 Å². The predicted molar refractivity (Wildman–Crippen MR) is 191 cm³/mol. The van der Waals surface area contributed by atoms with Gasteiger partial charge in [-0.3, -0.25) is 19.2 Å². The van der Waals surface area contributed by atoms with E-state index in [-0.39, 0.29) is 12.0 Å². The monoisotopic (exact) mass is 816 g/mol. The molecule has 3 N–H and O–H groups in total. The Kier molecular flexibility index (Phi) is 8.46. The molecular formula is C41H52O17. The minimum Gasteiger partial charge on any atom is -0.511 e. The van der Waals surface area contributed by atoms with E-state index < -0.39 is 146 Å². The highest BCUT2D eigenvalue weighted by Gasteiger charge is 3.06. The first-order valence-corrected chi connectivity index (χ1v) is 19.6. The smallest absolute Gasteiger partial charge is 0.338 e. The maximum absolute atomic E-state index is 14.8. The number of hydrogen-bond acceptors (Lipinski definition) is 17. The van der Waals surface area contributed by atoms with Gasteiger partial charge in [-0.15, -0.1) is 0 Å². The molecular weight excluding hydrogens is 764 g/mol. The van der Waals surface area contributed by atoms with Crippen molar-refractivity contribution < 1.29 is 81.6 Å². The summed E-state index contributed by atoms with van der Waals surface area (Å²) in [5, 5.41) is 39.8. The number of carbonyl (C=O) groups excluding carboxylic acids is 5. The highest BCUT2D eigenvalue weighted by atomic mass is 16.9. The van der Waals surface area contributed by atoms with Crippen molar-refractivity contribution in [2.75, 3.05) is 7.11 Å². The van der Waals surface area contributed by atoms with E-state index in [9.17, 15) is 39.3 Å². The van der Waals surface area contributed by atoms with Crippen LogP contribution in [-0.4, -0.2) is 105 Å². The fourth-order valence-electron chi connectivity index (χ4n) is 13.4. The fraction of sp³-hybridized carbons (Fsp3) is 0.732. The summed E-state index contributed by atoms with van der Waals surface area (Å²) in [6.07, 6.45) is -6.69. The van der Waals surface area contributed by atoms with Crippen LogP contribution in [0.25, 0.3) is 0 Å². The minimum absolute atomic E-state index is 0.158. The lowest BCUT2D eigenvalue weighted by molar-refractivity contribution is -0.491. The molecule has 2 spiro atoms. The van der Waals surface area contributed by atoms with Crippen LogP contribution in [0.15, 0.2) is 34.3 Å². The van der Waals surface area contributed by atoms with Crippen molar-refractivity contribution in [1.82, 2.24) is 0 Å². The highest BCUT2D eigenvalue weighted by Crippen LogP contribution is 2.90. The van der Waals surface area contributed by atoms with E-state index in [1.807, 2.05) is 0 Å². The van der Waals surface area contributed by atoms with Crippen molar-refractivity contribution >= 4 is 29.8 Å². The van der Waals surface area contributed by atoms with Crippen molar-refractivity contribution in [3.8, 4) is 0 Å². The average molecular weight is 817 g/mol. The zero-order chi connectivity index (χ0) is 42.7. The largest absolute Gasteiger partial charge is 0.511 e. The van der Waals surface area contributed by atoms with E-state index in [0.717, 1.165) is 13.8 Å². The average Bonchev–Trinajstić information content (AvgIpc) is 3.83. The van der Waals surface area contributed by atoms with E-state index in [0.29, 0.717) is 0 Å². The van der Waals surface area contributed by atoms with Gasteiger partial charge in [-0.2, -0.15) is 0 Å². The van der Waals surface area contributed by atoms with E-state index in [1.54, 1.807) is 48.5 Å². The molecule has 318 valence electrons. The van der Waals surface area contributed by atoms with Gasteiger partial charge in [-0.1, -0.05) is 48.5 Å². The van der Waals surface area contributed by atoms with Gasteiger partial charge in [0.05, 0.1) is 36.5 Å². The first kappa shape index (κ1) is 40.7. The fourth-order valence-corrected chi connectivity index (χ4v) is 13.4. The van der Waals surface area contributed by atoms with Crippen LogP contribution in [0.5, 0.6) is 0 Å². The van der Waals surface area contributed by atoms with E-state index >= 15 is 0 Å². The third-order valence-electron chi connectivity index (χ3n) is 15.0. The third-order valence-corrected chi connectivity index (χ3v) is 15.0. The molecule has 4 saturated carbocycles. The molecule has 15 atom stereocenters. The van der Waals surface area contributed by atoms with Crippen molar-refractivity contribution in [2.24, 2.45) is 39.9 Å². The Balaban J connectivity index is 1.59. The van der Waals surface area contributed by atoms with Gasteiger partial charge in [0.2, 0.25) is 0 Å². The standard InChI is InChI=1S/C41H52O17/c1-17(2)25(45)24-26-35(8,28(54-31(24)48)21-12-13-51-15-21)29(52-19(5)42)27(46)41-36(9)22(14-23(44)50-11)34(7)16-38(36)39(49,32(34)55-30(47)18(3)4)33(53-20(6)43)40(26,41)57-37(10,56-38)58-41/h12-13,15,17-18,22,26-29,32-33,45-46,49H,14,16H2,1-11H3/b25-24-/t22-,26+,27+,28-,29-,32-,33+,34+,35+,36+,37?,38?,39-,40+,41-/m0/s1. The molecule has 0 aromatic carbocycles. The summed E-state index contributed by atoms with van der Waals surface area (Å²) < 4.78 is 56.9. The van der Waals surface area contributed by atoms with Gasteiger partial charge in [0.15, 0.2) is 17.3 Å². The van der Waals surface area contributed by atoms with Gasteiger partial charge in [-0.05, 0) is 18.4 Å². The summed E-state index contributed by atoms with van der Waals surface area (Å²) in [5.41, 5.74) is -14.8. The van der Waals surface area contributed by atoms with Crippen LogP contribution in [0.4, 0.5) is 0 Å². The molecule has 1 aromatic rings. The number of aliphatic hydroxyl groups is 3. The molecule has 7 fully saturated rings. The topological polar surface area (TPSA) is 233 Å². The Labute approximate surface area is 334 Å².